The van der Waals surface area contributed by atoms with Gasteiger partial charge in [0, 0.05) is 7.05 Å². The van der Waals surface area contributed by atoms with Gasteiger partial charge in [0.05, 0.1) is 5.69 Å². The largest absolute Gasteiger partial charge is 0.384 e. The third kappa shape index (κ3) is 1.10. The van der Waals surface area contributed by atoms with Gasteiger partial charge in [0.15, 0.2) is 0 Å². The Morgan fingerprint density at radius 3 is 2.73 bits per heavy atom. The quantitative estimate of drug-likeness (QED) is 0.766. The lowest BCUT2D eigenvalue weighted by Gasteiger charge is -2.05. The number of aryl methyl sites for hydroxylation is 1. The number of halogens is 1. The molecule has 60 valence electrons. The molecule has 1 N–H and O–H groups in total. The predicted molar refractivity (Wildman–Crippen MR) is 44.0 cm³/mol. The summed E-state index contributed by atoms with van der Waals surface area (Å²) >= 11 is 3.26. The first kappa shape index (κ1) is 7.31. The molecule has 0 unspecified atom stereocenters. The van der Waals surface area contributed by atoms with Crippen LogP contribution in [0.2, 0.25) is 0 Å². The molecule has 0 atom stereocenters. The van der Waals surface area contributed by atoms with Crippen LogP contribution in [0.5, 0.6) is 0 Å². The summed E-state index contributed by atoms with van der Waals surface area (Å²) in [7, 11) is 1.84. The molecule has 1 aliphatic carbocycles. The highest BCUT2D eigenvalue weighted by Gasteiger charge is 2.44. The van der Waals surface area contributed by atoms with Gasteiger partial charge in [-0.05, 0) is 34.8 Å². The van der Waals surface area contributed by atoms with Gasteiger partial charge in [-0.25, -0.2) is 0 Å². The van der Waals surface area contributed by atoms with Gasteiger partial charge in [-0.1, -0.05) is 0 Å². The standard InChI is InChI=1S/C7H9BrN2O/c1-10-5(4-6(8)9-10)7(11)2-3-7/h4,11H,2-3H2,1H3. The van der Waals surface area contributed by atoms with E-state index >= 15 is 0 Å². The van der Waals surface area contributed by atoms with E-state index in [1.54, 1.807) is 4.68 Å². The molecule has 0 aromatic carbocycles. The number of aliphatic hydroxyl groups is 1. The van der Waals surface area contributed by atoms with Gasteiger partial charge in [-0.2, -0.15) is 5.10 Å². The Morgan fingerprint density at radius 2 is 2.36 bits per heavy atom. The molecule has 1 aromatic heterocycles. The molecule has 1 heterocycles. The van der Waals surface area contributed by atoms with E-state index in [1.807, 2.05) is 13.1 Å². The molecule has 0 saturated heterocycles. The first-order chi connectivity index (χ1) is 5.12. The summed E-state index contributed by atoms with van der Waals surface area (Å²) in [6, 6.07) is 1.87. The summed E-state index contributed by atoms with van der Waals surface area (Å²) in [4.78, 5) is 0. The monoisotopic (exact) mass is 216 g/mol. The van der Waals surface area contributed by atoms with Crippen molar-refractivity contribution in [3.05, 3.63) is 16.4 Å². The van der Waals surface area contributed by atoms with Crippen LogP contribution in [0.3, 0.4) is 0 Å². The van der Waals surface area contributed by atoms with Gasteiger partial charge in [0.2, 0.25) is 0 Å². The van der Waals surface area contributed by atoms with Crippen molar-refractivity contribution in [2.75, 3.05) is 0 Å². The van der Waals surface area contributed by atoms with E-state index in [1.165, 1.54) is 0 Å². The van der Waals surface area contributed by atoms with E-state index in [2.05, 4.69) is 21.0 Å². The van der Waals surface area contributed by atoms with Crippen LogP contribution in [-0.4, -0.2) is 14.9 Å². The molecule has 1 aromatic rings. The Hall–Kier alpha value is -0.350. The summed E-state index contributed by atoms with van der Waals surface area (Å²) in [5.74, 6) is 0. The second kappa shape index (κ2) is 2.08. The van der Waals surface area contributed by atoms with Crippen molar-refractivity contribution < 1.29 is 5.11 Å². The SMILES string of the molecule is Cn1nc(Br)cc1C1(O)CC1. The third-order valence-electron chi connectivity index (χ3n) is 2.05. The van der Waals surface area contributed by atoms with Crippen LogP contribution >= 0.6 is 15.9 Å². The summed E-state index contributed by atoms with van der Waals surface area (Å²) < 4.78 is 2.51. The molecule has 0 radical (unpaired) electrons. The van der Waals surface area contributed by atoms with Gasteiger partial charge in [0.1, 0.15) is 10.2 Å². The second-order valence-electron chi connectivity index (χ2n) is 3.01. The highest BCUT2D eigenvalue weighted by Crippen LogP contribution is 2.45. The fourth-order valence-electron chi connectivity index (χ4n) is 1.24. The zero-order valence-electron chi connectivity index (χ0n) is 6.21. The van der Waals surface area contributed by atoms with Crippen molar-refractivity contribution in [2.24, 2.45) is 7.05 Å². The van der Waals surface area contributed by atoms with Crippen molar-refractivity contribution >= 4 is 15.9 Å². The maximum atomic E-state index is 9.71. The minimum absolute atomic E-state index is 0.576. The minimum Gasteiger partial charge on any atom is -0.384 e. The van der Waals surface area contributed by atoms with Crippen LogP contribution in [0, 0.1) is 0 Å². The van der Waals surface area contributed by atoms with Crippen LogP contribution in [0.25, 0.3) is 0 Å². The summed E-state index contributed by atoms with van der Waals surface area (Å²) in [5, 5.41) is 13.8. The van der Waals surface area contributed by atoms with Crippen molar-refractivity contribution in [3.8, 4) is 0 Å². The molecule has 3 nitrogen and oxygen atoms in total. The smallest absolute Gasteiger partial charge is 0.128 e. The summed E-state index contributed by atoms with van der Waals surface area (Å²) in [6.45, 7) is 0. The number of hydrogen-bond acceptors (Lipinski definition) is 2. The zero-order chi connectivity index (χ0) is 8.06. The van der Waals surface area contributed by atoms with Crippen LogP contribution in [0.4, 0.5) is 0 Å². The van der Waals surface area contributed by atoms with E-state index in [0.717, 1.165) is 23.1 Å². The maximum Gasteiger partial charge on any atom is 0.128 e. The zero-order valence-corrected chi connectivity index (χ0v) is 7.80. The molecule has 2 rings (SSSR count). The number of rotatable bonds is 1. The average Bonchev–Trinajstić information content (AvgIpc) is 2.55. The first-order valence-electron chi connectivity index (χ1n) is 3.54. The molecule has 1 saturated carbocycles. The van der Waals surface area contributed by atoms with E-state index in [-0.39, 0.29) is 0 Å². The lowest BCUT2D eigenvalue weighted by molar-refractivity contribution is 0.141. The molecule has 1 aliphatic rings. The Kier molecular flexibility index (Phi) is 1.38. The minimum atomic E-state index is -0.576. The Bertz CT molecular complexity index is 291. The summed E-state index contributed by atoms with van der Waals surface area (Å²) in [6.07, 6.45) is 1.72. The average molecular weight is 217 g/mol. The lowest BCUT2D eigenvalue weighted by Crippen LogP contribution is -2.10. The topological polar surface area (TPSA) is 38.0 Å². The van der Waals surface area contributed by atoms with Crippen molar-refractivity contribution in [3.63, 3.8) is 0 Å². The molecule has 0 amide bonds. The van der Waals surface area contributed by atoms with Crippen molar-refractivity contribution in [2.45, 2.75) is 18.4 Å². The highest BCUT2D eigenvalue weighted by atomic mass is 79.9. The van der Waals surface area contributed by atoms with Gasteiger partial charge >= 0.3 is 0 Å². The van der Waals surface area contributed by atoms with Crippen molar-refractivity contribution in [1.82, 2.24) is 9.78 Å². The molecule has 1 fully saturated rings. The fraction of sp³-hybridized carbons (Fsp3) is 0.571. The lowest BCUT2D eigenvalue weighted by atomic mass is 10.2. The first-order valence-corrected chi connectivity index (χ1v) is 4.33. The molecular formula is C7H9BrN2O. The fourth-order valence-corrected chi connectivity index (χ4v) is 1.70. The van der Waals surface area contributed by atoms with E-state index in [4.69, 9.17) is 0 Å². The van der Waals surface area contributed by atoms with Gasteiger partial charge in [-0.15, -0.1) is 0 Å². The van der Waals surface area contributed by atoms with Gasteiger partial charge in [0.25, 0.3) is 0 Å². The van der Waals surface area contributed by atoms with Crippen LogP contribution in [-0.2, 0) is 12.6 Å². The molecule has 0 bridgehead atoms. The van der Waals surface area contributed by atoms with E-state index < -0.39 is 5.60 Å². The normalized spacial score (nSPS) is 20.3. The summed E-state index contributed by atoms with van der Waals surface area (Å²) in [5.41, 5.74) is 0.331. The Balaban J connectivity index is 2.44. The third-order valence-corrected chi connectivity index (χ3v) is 2.44. The Labute approximate surface area is 73.2 Å². The number of hydrogen-bond donors (Lipinski definition) is 1. The number of aromatic nitrogens is 2. The molecular weight excluding hydrogens is 208 g/mol. The van der Waals surface area contributed by atoms with Gasteiger partial charge < -0.3 is 5.11 Å². The van der Waals surface area contributed by atoms with Crippen molar-refractivity contribution in [1.29, 1.82) is 0 Å². The second-order valence-corrected chi connectivity index (χ2v) is 3.82. The van der Waals surface area contributed by atoms with Crippen LogP contribution < -0.4 is 0 Å². The van der Waals surface area contributed by atoms with E-state index in [0.29, 0.717) is 0 Å². The predicted octanol–water partition coefficient (Wildman–Crippen LogP) is 1.16. The Morgan fingerprint density at radius 1 is 1.73 bits per heavy atom. The van der Waals surface area contributed by atoms with Crippen LogP contribution in [0.1, 0.15) is 18.5 Å². The molecule has 0 aliphatic heterocycles. The van der Waals surface area contributed by atoms with Crippen LogP contribution in [0.15, 0.2) is 10.7 Å². The highest BCUT2D eigenvalue weighted by molar-refractivity contribution is 9.10. The maximum absolute atomic E-state index is 9.71. The number of nitrogens with zero attached hydrogens (tertiary/aromatic N) is 2. The van der Waals surface area contributed by atoms with E-state index in [9.17, 15) is 5.11 Å². The molecule has 4 heteroatoms. The molecule has 0 spiro atoms. The molecule has 11 heavy (non-hydrogen) atoms. The van der Waals surface area contributed by atoms with Gasteiger partial charge in [-0.3, -0.25) is 4.68 Å².